The van der Waals surface area contributed by atoms with E-state index in [1.54, 1.807) is 36.7 Å². The van der Waals surface area contributed by atoms with Gasteiger partial charge in [0.25, 0.3) is 5.91 Å². The minimum Gasteiger partial charge on any atom is -0.487 e. The first-order chi connectivity index (χ1) is 16.1. The Morgan fingerprint density at radius 2 is 1.88 bits per heavy atom. The summed E-state index contributed by atoms with van der Waals surface area (Å²) in [5, 5.41) is 14.4. The van der Waals surface area contributed by atoms with Crippen molar-refractivity contribution in [3.63, 3.8) is 0 Å². The molecule has 1 saturated carbocycles. The number of aromatic nitrogens is 1. The highest BCUT2D eigenvalue weighted by Crippen LogP contribution is 2.32. The number of nitrogens with zero attached hydrogens (tertiary/aromatic N) is 2. The van der Waals surface area contributed by atoms with Gasteiger partial charge in [-0.2, -0.15) is 0 Å². The van der Waals surface area contributed by atoms with Gasteiger partial charge in [-0.3, -0.25) is 14.7 Å². The molecule has 2 heterocycles. The summed E-state index contributed by atoms with van der Waals surface area (Å²) in [5.41, 5.74) is 3.05. The molecular formula is C26H26FN3O3. The number of amides is 1. The van der Waals surface area contributed by atoms with Crippen molar-refractivity contribution in [1.82, 2.24) is 15.2 Å². The Labute approximate surface area is 192 Å². The largest absolute Gasteiger partial charge is 0.487 e. The number of fused-ring (bicyclic) bond motifs is 1. The second kappa shape index (κ2) is 9.29. The van der Waals surface area contributed by atoms with E-state index in [0.717, 1.165) is 13.0 Å². The number of ether oxygens (including phenoxy) is 1. The van der Waals surface area contributed by atoms with Crippen LogP contribution in [0.25, 0.3) is 0 Å². The van der Waals surface area contributed by atoms with Gasteiger partial charge in [0.2, 0.25) is 0 Å². The molecule has 0 spiro atoms. The maximum Gasteiger partial charge on any atom is 0.251 e. The summed E-state index contributed by atoms with van der Waals surface area (Å²) in [7, 11) is 0. The van der Waals surface area contributed by atoms with Crippen molar-refractivity contribution in [1.29, 1.82) is 0 Å². The molecule has 1 aromatic heterocycles. The van der Waals surface area contributed by atoms with Crippen LogP contribution in [0.2, 0.25) is 0 Å². The standard InChI is InChI=1S/C26H26FN3O3/c27-20-6-3-7-21(14-20)33-23-15-22(29-26(32)18-8-11-28-12-9-18)24(25(23)31)30-13-10-17-4-1-2-5-19(17)16-30/h1-9,11-12,14,22-25,31H,10,13,15-16H2,(H,29,32)/t22-,23-,24+,25+/m1/s1. The average Bonchev–Trinajstić information content (AvgIpc) is 3.13. The van der Waals surface area contributed by atoms with Gasteiger partial charge in [0.05, 0.1) is 12.1 Å². The Morgan fingerprint density at radius 3 is 2.67 bits per heavy atom. The summed E-state index contributed by atoms with van der Waals surface area (Å²) in [4.78, 5) is 19.1. The average molecular weight is 448 g/mol. The molecule has 170 valence electrons. The van der Waals surface area contributed by atoms with Gasteiger partial charge in [0.15, 0.2) is 0 Å². The number of rotatable bonds is 5. The summed E-state index contributed by atoms with van der Waals surface area (Å²) in [6.45, 7) is 1.46. The van der Waals surface area contributed by atoms with Crippen molar-refractivity contribution in [2.45, 2.75) is 43.7 Å². The SMILES string of the molecule is O=C(N[C@@H]1C[C@@H](Oc2cccc(F)c2)[C@H](O)[C@H]1N1CCc2ccccc2C1)c1ccncc1. The van der Waals surface area contributed by atoms with Gasteiger partial charge < -0.3 is 15.2 Å². The number of carbonyl (C=O) groups excluding carboxylic acids is 1. The van der Waals surface area contributed by atoms with E-state index in [0.29, 0.717) is 24.3 Å². The third-order valence-electron chi connectivity index (χ3n) is 6.55. The number of aliphatic hydroxyl groups is 1. The molecule has 7 heteroatoms. The topological polar surface area (TPSA) is 74.7 Å². The minimum absolute atomic E-state index is 0.219. The van der Waals surface area contributed by atoms with E-state index in [2.05, 4.69) is 27.3 Å². The van der Waals surface area contributed by atoms with Crippen molar-refractivity contribution in [2.75, 3.05) is 6.54 Å². The number of aliphatic hydroxyl groups excluding tert-OH is 1. The lowest BCUT2D eigenvalue weighted by Crippen LogP contribution is -2.54. The number of pyridine rings is 1. The van der Waals surface area contributed by atoms with E-state index in [-0.39, 0.29) is 18.0 Å². The zero-order valence-corrected chi connectivity index (χ0v) is 18.1. The monoisotopic (exact) mass is 447 g/mol. The Morgan fingerprint density at radius 1 is 1.09 bits per heavy atom. The minimum atomic E-state index is -0.846. The molecule has 3 aromatic rings. The smallest absolute Gasteiger partial charge is 0.251 e. The fraction of sp³-hybridized carbons (Fsp3) is 0.308. The normalized spacial score (nSPS) is 24.8. The van der Waals surface area contributed by atoms with Crippen LogP contribution in [0.1, 0.15) is 27.9 Å². The van der Waals surface area contributed by atoms with Crippen LogP contribution < -0.4 is 10.1 Å². The molecule has 4 atom stereocenters. The second-order valence-electron chi connectivity index (χ2n) is 8.64. The number of halogens is 1. The molecule has 2 aromatic carbocycles. The Kier molecular flexibility index (Phi) is 6.07. The molecule has 2 aliphatic rings. The summed E-state index contributed by atoms with van der Waals surface area (Å²) in [6, 6.07) is 16.9. The van der Waals surface area contributed by atoms with Crippen LogP contribution in [0, 0.1) is 5.82 Å². The lowest BCUT2D eigenvalue weighted by Gasteiger charge is -2.38. The summed E-state index contributed by atoms with van der Waals surface area (Å²) >= 11 is 0. The van der Waals surface area contributed by atoms with Crippen molar-refractivity contribution >= 4 is 5.91 Å². The number of nitrogens with one attached hydrogen (secondary N) is 1. The van der Waals surface area contributed by atoms with Gasteiger partial charge in [-0.05, 0) is 41.8 Å². The summed E-state index contributed by atoms with van der Waals surface area (Å²) < 4.78 is 19.7. The van der Waals surface area contributed by atoms with Crippen LogP contribution in [0.4, 0.5) is 4.39 Å². The van der Waals surface area contributed by atoms with Gasteiger partial charge in [-0.25, -0.2) is 4.39 Å². The quantitative estimate of drug-likeness (QED) is 0.629. The molecule has 6 nitrogen and oxygen atoms in total. The van der Waals surface area contributed by atoms with E-state index in [9.17, 15) is 14.3 Å². The van der Waals surface area contributed by atoms with Crippen molar-refractivity contribution in [3.8, 4) is 5.75 Å². The van der Waals surface area contributed by atoms with Gasteiger partial charge >= 0.3 is 0 Å². The molecule has 1 amide bonds. The van der Waals surface area contributed by atoms with E-state index in [4.69, 9.17) is 4.74 Å². The molecule has 5 rings (SSSR count). The molecule has 0 bridgehead atoms. The van der Waals surface area contributed by atoms with Crippen molar-refractivity contribution in [2.24, 2.45) is 0 Å². The highest BCUT2D eigenvalue weighted by Gasteiger charge is 2.48. The third kappa shape index (κ3) is 4.60. The molecule has 2 N–H and O–H groups in total. The summed E-state index contributed by atoms with van der Waals surface area (Å²) in [5.74, 6) is -0.252. The van der Waals surface area contributed by atoms with Crippen LogP contribution in [0.5, 0.6) is 5.75 Å². The van der Waals surface area contributed by atoms with Crippen LogP contribution in [-0.4, -0.2) is 51.7 Å². The van der Waals surface area contributed by atoms with Gasteiger partial charge in [0, 0.05) is 43.5 Å². The van der Waals surface area contributed by atoms with Crippen molar-refractivity contribution in [3.05, 3.63) is 95.6 Å². The Hall–Kier alpha value is -3.29. The first kappa shape index (κ1) is 21.6. The predicted octanol–water partition coefficient (Wildman–Crippen LogP) is 2.96. The third-order valence-corrected chi connectivity index (χ3v) is 6.55. The van der Waals surface area contributed by atoms with E-state index in [1.165, 1.54) is 23.3 Å². The Balaban J connectivity index is 1.39. The fourth-order valence-electron chi connectivity index (χ4n) is 4.96. The number of carbonyl (C=O) groups is 1. The van der Waals surface area contributed by atoms with Crippen LogP contribution in [0.3, 0.4) is 0 Å². The van der Waals surface area contributed by atoms with Crippen LogP contribution in [-0.2, 0) is 13.0 Å². The Bertz CT molecular complexity index is 1130. The van der Waals surface area contributed by atoms with E-state index >= 15 is 0 Å². The van der Waals surface area contributed by atoms with Crippen LogP contribution >= 0.6 is 0 Å². The maximum absolute atomic E-state index is 13.7. The highest BCUT2D eigenvalue weighted by molar-refractivity contribution is 5.94. The number of hydrogen-bond donors (Lipinski definition) is 2. The van der Waals surface area contributed by atoms with E-state index < -0.39 is 18.0 Å². The molecule has 0 unspecified atom stereocenters. The highest BCUT2D eigenvalue weighted by atomic mass is 19.1. The molecule has 0 radical (unpaired) electrons. The van der Waals surface area contributed by atoms with Gasteiger partial charge in [0.1, 0.15) is 23.8 Å². The summed E-state index contributed by atoms with van der Waals surface area (Å²) in [6.07, 6.45) is 3.02. The molecule has 0 saturated heterocycles. The molecular weight excluding hydrogens is 421 g/mol. The first-order valence-corrected chi connectivity index (χ1v) is 11.2. The predicted molar refractivity (Wildman–Crippen MR) is 121 cm³/mol. The maximum atomic E-state index is 13.7. The lowest BCUT2D eigenvalue weighted by atomic mass is 9.97. The van der Waals surface area contributed by atoms with Crippen molar-refractivity contribution < 1.29 is 19.0 Å². The van der Waals surface area contributed by atoms with Gasteiger partial charge in [-0.15, -0.1) is 0 Å². The van der Waals surface area contributed by atoms with Crippen LogP contribution in [0.15, 0.2) is 73.1 Å². The molecule has 1 aliphatic heterocycles. The number of hydrogen-bond acceptors (Lipinski definition) is 5. The second-order valence-corrected chi connectivity index (χ2v) is 8.64. The van der Waals surface area contributed by atoms with E-state index in [1.807, 2.05) is 12.1 Å². The number of benzene rings is 2. The zero-order chi connectivity index (χ0) is 22.8. The lowest BCUT2D eigenvalue weighted by molar-refractivity contribution is 0.00250. The molecule has 1 aliphatic carbocycles. The molecule has 33 heavy (non-hydrogen) atoms. The fourth-order valence-corrected chi connectivity index (χ4v) is 4.96. The zero-order valence-electron chi connectivity index (χ0n) is 18.1. The first-order valence-electron chi connectivity index (χ1n) is 11.2. The van der Waals surface area contributed by atoms with Gasteiger partial charge in [-0.1, -0.05) is 30.3 Å². The molecule has 1 fully saturated rings.